The van der Waals surface area contributed by atoms with Gasteiger partial charge in [0.15, 0.2) is 11.4 Å². The average molecular weight is 490 g/mol. The third-order valence-electron chi connectivity index (χ3n) is 6.30. The SMILES string of the molecule is O=c1oc2ccccc2c2c1C(c1ccccc1[N+](=O)[O-])c1c(ncn3nc(-c4ccccn4)nc13)O2. The summed E-state index contributed by atoms with van der Waals surface area (Å²) in [5, 5.41) is 17.1. The van der Waals surface area contributed by atoms with E-state index in [0.29, 0.717) is 33.7 Å². The molecule has 0 saturated heterocycles. The van der Waals surface area contributed by atoms with E-state index >= 15 is 0 Å². The molecule has 0 amide bonds. The highest BCUT2D eigenvalue weighted by atomic mass is 16.6. The lowest BCUT2D eigenvalue weighted by molar-refractivity contribution is -0.385. The van der Waals surface area contributed by atoms with Gasteiger partial charge in [0, 0.05) is 17.8 Å². The van der Waals surface area contributed by atoms with E-state index in [1.165, 1.54) is 16.9 Å². The van der Waals surface area contributed by atoms with Crippen LogP contribution in [0.25, 0.3) is 28.1 Å². The summed E-state index contributed by atoms with van der Waals surface area (Å²) in [5.41, 5.74) is 1.12. The number of fused-ring (bicyclic) bond motifs is 6. The lowest BCUT2D eigenvalue weighted by Crippen LogP contribution is -2.23. The van der Waals surface area contributed by atoms with Crippen molar-refractivity contribution < 1.29 is 14.1 Å². The number of nitro benzene ring substituents is 1. The van der Waals surface area contributed by atoms with Gasteiger partial charge in [-0.05, 0) is 24.3 Å². The Hall–Kier alpha value is -5.45. The number of rotatable bonds is 3. The predicted octanol–water partition coefficient (Wildman–Crippen LogP) is 4.49. The number of benzene rings is 2. The van der Waals surface area contributed by atoms with Crippen LogP contribution in [0.5, 0.6) is 11.6 Å². The summed E-state index contributed by atoms with van der Waals surface area (Å²) in [5.74, 6) is -0.227. The number of ether oxygens (including phenoxy) is 1. The molecule has 4 aromatic heterocycles. The van der Waals surface area contributed by atoms with Crippen molar-refractivity contribution in [3.05, 3.63) is 116 Å². The first-order chi connectivity index (χ1) is 18.1. The molecule has 1 atom stereocenters. The zero-order chi connectivity index (χ0) is 25.1. The maximum Gasteiger partial charge on any atom is 0.344 e. The molecule has 1 aliphatic heterocycles. The summed E-state index contributed by atoms with van der Waals surface area (Å²) < 4.78 is 13.3. The number of nitrogens with zero attached hydrogens (tertiary/aromatic N) is 6. The Bertz CT molecular complexity index is 1930. The molecule has 0 radical (unpaired) electrons. The molecule has 6 aromatic rings. The molecule has 2 aromatic carbocycles. The van der Waals surface area contributed by atoms with E-state index in [1.807, 2.05) is 6.07 Å². The maximum absolute atomic E-state index is 13.4. The highest BCUT2D eigenvalue weighted by Crippen LogP contribution is 2.50. The number of nitro groups is 1. The monoisotopic (exact) mass is 490 g/mol. The van der Waals surface area contributed by atoms with Crippen LogP contribution in [-0.4, -0.2) is 29.5 Å². The van der Waals surface area contributed by atoms with Gasteiger partial charge in [-0.3, -0.25) is 15.1 Å². The van der Waals surface area contributed by atoms with Crippen LogP contribution in [-0.2, 0) is 0 Å². The molecule has 0 saturated carbocycles. The van der Waals surface area contributed by atoms with Crippen LogP contribution in [0.2, 0.25) is 0 Å². The predicted molar refractivity (Wildman–Crippen MR) is 131 cm³/mol. The first-order valence-corrected chi connectivity index (χ1v) is 11.2. The Morgan fingerprint density at radius 2 is 1.76 bits per heavy atom. The summed E-state index contributed by atoms with van der Waals surface area (Å²) in [7, 11) is 0. The summed E-state index contributed by atoms with van der Waals surface area (Å²) in [6, 6.07) is 18.5. The lowest BCUT2D eigenvalue weighted by Gasteiger charge is -2.27. The lowest BCUT2D eigenvalue weighted by atomic mass is 9.83. The summed E-state index contributed by atoms with van der Waals surface area (Å²) >= 11 is 0. The van der Waals surface area contributed by atoms with Crippen molar-refractivity contribution in [2.75, 3.05) is 0 Å². The fourth-order valence-electron chi connectivity index (χ4n) is 4.74. The molecule has 0 fully saturated rings. The summed E-state index contributed by atoms with van der Waals surface area (Å²) in [6.45, 7) is 0. The van der Waals surface area contributed by atoms with Gasteiger partial charge in [0.2, 0.25) is 11.7 Å². The van der Waals surface area contributed by atoms with Gasteiger partial charge in [0.1, 0.15) is 17.6 Å². The Labute approximate surface area is 206 Å². The number of aromatic nitrogens is 5. The number of hydrogen-bond acceptors (Lipinski definition) is 9. The van der Waals surface area contributed by atoms with Crippen molar-refractivity contribution in [3.8, 4) is 23.1 Å². The van der Waals surface area contributed by atoms with Crippen LogP contribution in [0.4, 0.5) is 5.69 Å². The van der Waals surface area contributed by atoms with Crippen molar-refractivity contribution in [3.63, 3.8) is 0 Å². The largest absolute Gasteiger partial charge is 0.437 e. The van der Waals surface area contributed by atoms with Gasteiger partial charge in [-0.1, -0.05) is 36.4 Å². The molecule has 1 aliphatic rings. The molecule has 11 heteroatoms. The smallest absolute Gasteiger partial charge is 0.344 e. The van der Waals surface area contributed by atoms with E-state index in [1.54, 1.807) is 60.8 Å². The fraction of sp³-hybridized carbons (Fsp3) is 0.0385. The van der Waals surface area contributed by atoms with Gasteiger partial charge in [-0.2, -0.15) is 0 Å². The first kappa shape index (κ1) is 20.9. The third-order valence-corrected chi connectivity index (χ3v) is 6.30. The standard InChI is InChI=1S/C26H14N6O5/c33-26-20-19(14-7-1-3-10-17(14)32(34)35)21-24-29-23(16-9-5-6-12-27-16)30-31(24)13-28-25(21)37-22(20)15-8-2-4-11-18(15)36-26/h1-13,19H. The molecule has 0 aliphatic carbocycles. The zero-order valence-corrected chi connectivity index (χ0v) is 18.8. The Morgan fingerprint density at radius 3 is 2.59 bits per heavy atom. The maximum atomic E-state index is 13.4. The van der Waals surface area contributed by atoms with Gasteiger partial charge in [-0.15, -0.1) is 5.10 Å². The topological polar surface area (TPSA) is 139 Å². The minimum atomic E-state index is -0.960. The van der Waals surface area contributed by atoms with Crippen molar-refractivity contribution in [2.45, 2.75) is 5.92 Å². The van der Waals surface area contributed by atoms with Gasteiger partial charge in [0.25, 0.3) is 5.69 Å². The molecule has 37 heavy (non-hydrogen) atoms. The van der Waals surface area contributed by atoms with Gasteiger partial charge in [0.05, 0.1) is 27.4 Å². The van der Waals surface area contributed by atoms with Crippen LogP contribution >= 0.6 is 0 Å². The van der Waals surface area contributed by atoms with Gasteiger partial charge >= 0.3 is 5.63 Å². The minimum absolute atomic E-state index is 0.123. The molecule has 0 N–H and O–H groups in total. The first-order valence-electron chi connectivity index (χ1n) is 11.2. The zero-order valence-electron chi connectivity index (χ0n) is 18.8. The molecule has 7 rings (SSSR count). The molecule has 11 nitrogen and oxygen atoms in total. The Kier molecular flexibility index (Phi) is 4.39. The molecule has 0 bridgehead atoms. The minimum Gasteiger partial charge on any atom is -0.437 e. The second-order valence-corrected chi connectivity index (χ2v) is 8.36. The van der Waals surface area contributed by atoms with Crippen molar-refractivity contribution in [1.82, 2.24) is 24.6 Å². The number of hydrogen-bond donors (Lipinski definition) is 0. The van der Waals surface area contributed by atoms with Gasteiger partial charge in [-0.25, -0.2) is 19.3 Å². The van der Waals surface area contributed by atoms with E-state index in [2.05, 4.69) is 20.1 Å². The van der Waals surface area contributed by atoms with Crippen molar-refractivity contribution in [2.24, 2.45) is 0 Å². The average Bonchev–Trinajstić information content (AvgIpc) is 3.37. The Morgan fingerprint density at radius 1 is 0.946 bits per heavy atom. The highest BCUT2D eigenvalue weighted by molar-refractivity contribution is 5.87. The third kappa shape index (κ3) is 3.11. The number of para-hydroxylation sites is 2. The second kappa shape index (κ2) is 7.78. The molecular formula is C26H14N6O5. The van der Waals surface area contributed by atoms with Crippen LogP contribution < -0.4 is 10.4 Å². The normalized spacial score (nSPS) is 14.2. The van der Waals surface area contributed by atoms with E-state index in [0.717, 1.165) is 0 Å². The molecule has 178 valence electrons. The van der Waals surface area contributed by atoms with E-state index in [9.17, 15) is 14.9 Å². The highest BCUT2D eigenvalue weighted by Gasteiger charge is 2.40. The molecule has 5 heterocycles. The van der Waals surface area contributed by atoms with Crippen molar-refractivity contribution in [1.29, 1.82) is 0 Å². The molecule has 1 unspecified atom stereocenters. The van der Waals surface area contributed by atoms with Crippen LogP contribution in [0.1, 0.15) is 22.6 Å². The van der Waals surface area contributed by atoms with Gasteiger partial charge < -0.3 is 9.15 Å². The van der Waals surface area contributed by atoms with Crippen LogP contribution in [0.3, 0.4) is 0 Å². The summed E-state index contributed by atoms with van der Waals surface area (Å²) in [4.78, 5) is 38.4. The quantitative estimate of drug-likeness (QED) is 0.199. The van der Waals surface area contributed by atoms with Crippen LogP contribution in [0, 0.1) is 10.1 Å². The van der Waals surface area contributed by atoms with E-state index < -0.39 is 16.5 Å². The van der Waals surface area contributed by atoms with E-state index in [4.69, 9.17) is 9.15 Å². The fourth-order valence-corrected chi connectivity index (χ4v) is 4.74. The Balaban J connectivity index is 1.59. The molecule has 0 spiro atoms. The van der Waals surface area contributed by atoms with E-state index in [-0.39, 0.29) is 28.4 Å². The number of pyridine rings is 1. The van der Waals surface area contributed by atoms with Crippen LogP contribution in [0.15, 0.2) is 88.5 Å². The molecular weight excluding hydrogens is 476 g/mol. The second-order valence-electron chi connectivity index (χ2n) is 8.36. The van der Waals surface area contributed by atoms with Crippen molar-refractivity contribution >= 4 is 22.3 Å². The summed E-state index contributed by atoms with van der Waals surface area (Å²) in [6.07, 6.45) is 3.07.